The Hall–Kier alpha value is -7.77. The lowest BCUT2D eigenvalue weighted by Gasteiger charge is -2.11. The summed E-state index contributed by atoms with van der Waals surface area (Å²) < 4.78 is 8.81. The minimum Gasteiger partial charge on any atom is -0.437 e. The molecule has 4 heterocycles. The van der Waals surface area contributed by atoms with Gasteiger partial charge in [0.15, 0.2) is 17.5 Å². The largest absolute Gasteiger partial charge is 0.437 e. The first-order chi connectivity index (χ1) is 27.7. The van der Waals surface area contributed by atoms with E-state index < -0.39 is 0 Å². The Kier molecular flexibility index (Phi) is 7.35. The molecule has 7 nitrogen and oxygen atoms in total. The van der Waals surface area contributed by atoms with Crippen molar-refractivity contribution in [3.05, 3.63) is 182 Å². The Labute approximate surface area is 321 Å². The molecule has 262 valence electrons. The first kappa shape index (κ1) is 31.7. The second-order valence-corrected chi connectivity index (χ2v) is 13.7. The fourth-order valence-electron chi connectivity index (χ4n) is 7.63. The molecule has 7 aromatic carbocycles. The maximum absolute atomic E-state index is 6.69. The molecule has 0 amide bonds. The van der Waals surface area contributed by atoms with Crippen LogP contribution < -0.4 is 0 Å². The number of hydrogen-bond donors (Lipinski definition) is 0. The zero-order valence-corrected chi connectivity index (χ0v) is 29.9. The Bertz CT molecular complexity index is 3210. The Balaban J connectivity index is 1.16. The van der Waals surface area contributed by atoms with E-state index in [2.05, 4.69) is 95.6 Å². The Morgan fingerprint density at radius 3 is 1.50 bits per heavy atom. The van der Waals surface area contributed by atoms with E-state index in [0.29, 0.717) is 34.7 Å². The van der Waals surface area contributed by atoms with Crippen molar-refractivity contribution in [3.8, 4) is 62.5 Å². The maximum Gasteiger partial charge on any atom is 0.238 e. The predicted octanol–water partition coefficient (Wildman–Crippen LogP) is 12.0. The van der Waals surface area contributed by atoms with Crippen molar-refractivity contribution in [1.82, 2.24) is 29.5 Å². The van der Waals surface area contributed by atoms with Gasteiger partial charge < -0.3 is 4.42 Å². The van der Waals surface area contributed by atoms with Gasteiger partial charge in [-0.2, -0.15) is 15.0 Å². The lowest BCUT2D eigenvalue weighted by atomic mass is 10.0. The maximum atomic E-state index is 6.69. The van der Waals surface area contributed by atoms with Crippen molar-refractivity contribution < 1.29 is 4.42 Å². The normalized spacial score (nSPS) is 11.6. The minimum atomic E-state index is 0.513. The summed E-state index contributed by atoms with van der Waals surface area (Å²) in [6.45, 7) is 0. The molecule has 0 fully saturated rings. The number of hydrogen-bond acceptors (Lipinski definition) is 6. The second-order valence-electron chi connectivity index (χ2n) is 13.7. The summed E-state index contributed by atoms with van der Waals surface area (Å²) in [4.78, 5) is 25.5. The van der Waals surface area contributed by atoms with Crippen LogP contribution in [0.1, 0.15) is 0 Å². The molecule has 11 rings (SSSR count). The van der Waals surface area contributed by atoms with Gasteiger partial charge in [-0.05, 0) is 23.3 Å². The topological polar surface area (TPSA) is 82.5 Å². The van der Waals surface area contributed by atoms with Crippen molar-refractivity contribution in [3.63, 3.8) is 0 Å². The summed E-state index contributed by atoms with van der Waals surface area (Å²) in [5.74, 6) is 2.29. The van der Waals surface area contributed by atoms with Crippen molar-refractivity contribution in [1.29, 1.82) is 0 Å². The molecule has 7 heteroatoms. The van der Waals surface area contributed by atoms with Gasteiger partial charge in [0.25, 0.3) is 0 Å². The predicted molar refractivity (Wildman–Crippen MR) is 224 cm³/mol. The number of benzene rings is 7. The van der Waals surface area contributed by atoms with E-state index in [4.69, 9.17) is 29.3 Å². The lowest BCUT2D eigenvalue weighted by molar-refractivity contribution is 0.654. The molecule has 0 radical (unpaired) electrons. The van der Waals surface area contributed by atoms with Gasteiger partial charge in [0.05, 0.1) is 22.1 Å². The number of aromatic nitrogens is 6. The Morgan fingerprint density at radius 2 is 0.857 bits per heavy atom. The van der Waals surface area contributed by atoms with E-state index in [9.17, 15) is 0 Å². The van der Waals surface area contributed by atoms with Crippen molar-refractivity contribution in [2.75, 3.05) is 0 Å². The first-order valence-electron chi connectivity index (χ1n) is 18.5. The zero-order valence-electron chi connectivity index (χ0n) is 29.9. The minimum absolute atomic E-state index is 0.513. The molecule has 0 aliphatic carbocycles. The first-order valence-corrected chi connectivity index (χ1v) is 18.5. The fraction of sp³-hybridized carbons (Fsp3) is 0. The molecule has 0 spiro atoms. The standard InChI is InChI=1S/C49H30N6O/c1-5-15-31(16-6-1)32-25-27-36(28-26-32)47-51-46(35-21-11-4-12-22-35)53-49(54-47)55-40-24-14-13-23-37(40)38-29-39-42(30-41(38)55)56-48-43(39)44(33-17-7-2-8-18-33)50-45(52-48)34-19-9-3-10-20-34/h1-30H. The molecule has 56 heavy (non-hydrogen) atoms. The smallest absolute Gasteiger partial charge is 0.238 e. The summed E-state index contributed by atoms with van der Waals surface area (Å²) in [5, 5.41) is 3.92. The van der Waals surface area contributed by atoms with Crippen LogP contribution in [0.4, 0.5) is 0 Å². The summed E-state index contributed by atoms with van der Waals surface area (Å²) >= 11 is 0. The SMILES string of the molecule is c1ccc(-c2ccc(-c3nc(-c4ccccc4)nc(-n4c5ccccc5c5cc6c(cc54)oc4nc(-c5ccccc5)nc(-c5ccccc5)c46)n3)cc2)cc1. The molecule has 0 atom stereocenters. The number of furan rings is 1. The third kappa shape index (κ3) is 5.33. The van der Waals surface area contributed by atoms with Crippen molar-refractivity contribution in [2.45, 2.75) is 0 Å². The molecule has 0 bridgehead atoms. The molecule has 0 unspecified atom stereocenters. The van der Waals surface area contributed by atoms with Crippen LogP contribution in [0.2, 0.25) is 0 Å². The van der Waals surface area contributed by atoms with Crippen molar-refractivity contribution in [2.24, 2.45) is 0 Å². The van der Waals surface area contributed by atoms with Gasteiger partial charge >= 0.3 is 0 Å². The number of rotatable bonds is 6. The van der Waals surface area contributed by atoms with E-state index >= 15 is 0 Å². The van der Waals surface area contributed by atoms with Gasteiger partial charge in [-0.3, -0.25) is 4.57 Å². The van der Waals surface area contributed by atoms with Crippen LogP contribution in [0.3, 0.4) is 0 Å². The Morgan fingerprint density at radius 1 is 0.357 bits per heavy atom. The summed E-state index contributed by atoms with van der Waals surface area (Å²) in [7, 11) is 0. The quantitative estimate of drug-likeness (QED) is 0.170. The third-order valence-corrected chi connectivity index (χ3v) is 10.3. The molecular formula is C49H30N6O. The molecule has 0 saturated carbocycles. The van der Waals surface area contributed by atoms with E-state index in [0.717, 1.165) is 71.7 Å². The molecule has 4 aromatic heterocycles. The third-order valence-electron chi connectivity index (χ3n) is 10.3. The van der Waals surface area contributed by atoms with Gasteiger partial charge in [-0.15, -0.1) is 0 Å². The highest BCUT2D eigenvalue weighted by Crippen LogP contribution is 2.41. The molecule has 0 aliphatic heterocycles. The highest BCUT2D eigenvalue weighted by atomic mass is 16.3. The number of para-hydroxylation sites is 1. The van der Waals surface area contributed by atoms with Crippen LogP contribution in [-0.4, -0.2) is 29.5 Å². The molecular weight excluding hydrogens is 689 g/mol. The molecule has 0 aliphatic rings. The van der Waals surface area contributed by atoms with Crippen LogP contribution in [-0.2, 0) is 0 Å². The summed E-state index contributed by atoms with van der Waals surface area (Å²) in [6, 6.07) is 61.7. The average Bonchev–Trinajstić information content (AvgIpc) is 3.81. The van der Waals surface area contributed by atoms with Gasteiger partial charge in [0.2, 0.25) is 11.7 Å². The van der Waals surface area contributed by atoms with Crippen LogP contribution >= 0.6 is 0 Å². The van der Waals surface area contributed by atoms with Gasteiger partial charge in [-0.1, -0.05) is 164 Å². The molecule has 0 saturated heterocycles. The average molecular weight is 719 g/mol. The van der Waals surface area contributed by atoms with Gasteiger partial charge in [0.1, 0.15) is 5.58 Å². The highest BCUT2D eigenvalue weighted by molar-refractivity contribution is 6.19. The molecule has 11 aromatic rings. The lowest BCUT2D eigenvalue weighted by Crippen LogP contribution is -2.06. The van der Waals surface area contributed by atoms with Crippen LogP contribution in [0.25, 0.3) is 106 Å². The van der Waals surface area contributed by atoms with E-state index in [1.807, 2.05) is 91.0 Å². The van der Waals surface area contributed by atoms with E-state index in [-0.39, 0.29) is 0 Å². The van der Waals surface area contributed by atoms with Crippen molar-refractivity contribution >= 4 is 43.9 Å². The van der Waals surface area contributed by atoms with E-state index in [1.165, 1.54) is 0 Å². The number of nitrogens with zero attached hydrogens (tertiary/aromatic N) is 6. The highest BCUT2D eigenvalue weighted by Gasteiger charge is 2.23. The van der Waals surface area contributed by atoms with Gasteiger partial charge in [0, 0.05) is 44.5 Å². The zero-order chi connectivity index (χ0) is 37.0. The molecule has 0 N–H and O–H groups in total. The van der Waals surface area contributed by atoms with Crippen LogP contribution in [0.5, 0.6) is 0 Å². The van der Waals surface area contributed by atoms with Crippen LogP contribution in [0.15, 0.2) is 186 Å². The monoisotopic (exact) mass is 718 g/mol. The van der Waals surface area contributed by atoms with Gasteiger partial charge in [-0.25, -0.2) is 9.97 Å². The summed E-state index contributed by atoms with van der Waals surface area (Å²) in [6.07, 6.45) is 0. The summed E-state index contributed by atoms with van der Waals surface area (Å²) in [5.41, 5.74) is 9.92. The second kappa shape index (κ2) is 13.0. The van der Waals surface area contributed by atoms with E-state index in [1.54, 1.807) is 0 Å². The van der Waals surface area contributed by atoms with Crippen LogP contribution in [0, 0.1) is 0 Å². The number of fused-ring (bicyclic) bond motifs is 6. The fourth-order valence-corrected chi connectivity index (χ4v) is 7.63.